The van der Waals surface area contributed by atoms with Crippen molar-refractivity contribution in [3.8, 4) is 0 Å². The first-order valence-electron chi connectivity index (χ1n) is 7.10. The summed E-state index contributed by atoms with van der Waals surface area (Å²) in [6, 6.07) is 0. The Hall–Kier alpha value is -1.06. The van der Waals surface area contributed by atoms with Crippen LogP contribution >= 0.6 is 0 Å². The summed E-state index contributed by atoms with van der Waals surface area (Å²) in [5, 5.41) is 11.6. The molecule has 19 heavy (non-hydrogen) atoms. The maximum absolute atomic E-state index is 11.7. The van der Waals surface area contributed by atoms with Crippen molar-refractivity contribution >= 4 is 11.9 Å². The molecule has 4 heteroatoms. The van der Waals surface area contributed by atoms with Gasteiger partial charge in [0.15, 0.2) is 0 Å². The second-order valence-corrected chi connectivity index (χ2v) is 6.81. The van der Waals surface area contributed by atoms with Crippen LogP contribution in [0, 0.1) is 17.3 Å². The smallest absolute Gasteiger partial charge is 0.303 e. The standard InChI is InChI=1S/C15H29NO3/c1-11(2)12(6-7-14(18)19)8-9-16-13(17)10-15(3,4)5/h11-12H,6-10H2,1-5H3,(H,16,17)(H,18,19). The third-order valence-corrected chi connectivity index (χ3v) is 3.20. The first-order valence-corrected chi connectivity index (χ1v) is 7.10. The van der Waals surface area contributed by atoms with Gasteiger partial charge in [0, 0.05) is 19.4 Å². The molecule has 0 radical (unpaired) electrons. The molecule has 1 atom stereocenters. The number of hydrogen-bond acceptors (Lipinski definition) is 2. The molecule has 0 aliphatic rings. The SMILES string of the molecule is CC(C)C(CCNC(=O)CC(C)(C)C)CCC(=O)O. The minimum atomic E-state index is -0.748. The Balaban J connectivity index is 3.99. The van der Waals surface area contributed by atoms with Gasteiger partial charge < -0.3 is 10.4 Å². The zero-order valence-corrected chi connectivity index (χ0v) is 13.0. The van der Waals surface area contributed by atoms with Crippen molar-refractivity contribution in [3.63, 3.8) is 0 Å². The molecule has 1 unspecified atom stereocenters. The summed E-state index contributed by atoms with van der Waals surface area (Å²) in [7, 11) is 0. The van der Waals surface area contributed by atoms with Crippen LogP contribution in [0.2, 0.25) is 0 Å². The van der Waals surface area contributed by atoms with Crippen LogP contribution in [-0.2, 0) is 9.59 Å². The van der Waals surface area contributed by atoms with E-state index in [1.54, 1.807) is 0 Å². The highest BCUT2D eigenvalue weighted by molar-refractivity contribution is 5.76. The van der Waals surface area contributed by atoms with Gasteiger partial charge in [-0.3, -0.25) is 9.59 Å². The average Bonchev–Trinajstić information content (AvgIpc) is 2.19. The van der Waals surface area contributed by atoms with E-state index < -0.39 is 5.97 Å². The third-order valence-electron chi connectivity index (χ3n) is 3.20. The molecule has 0 heterocycles. The molecule has 0 fully saturated rings. The largest absolute Gasteiger partial charge is 0.481 e. The lowest BCUT2D eigenvalue weighted by atomic mass is 9.88. The zero-order chi connectivity index (χ0) is 15.1. The molecule has 1 amide bonds. The lowest BCUT2D eigenvalue weighted by Gasteiger charge is -2.21. The second kappa shape index (κ2) is 8.18. The van der Waals surface area contributed by atoms with E-state index in [9.17, 15) is 9.59 Å². The topological polar surface area (TPSA) is 66.4 Å². The zero-order valence-electron chi connectivity index (χ0n) is 13.0. The van der Waals surface area contributed by atoms with Gasteiger partial charge >= 0.3 is 5.97 Å². The number of carboxylic acids is 1. The van der Waals surface area contributed by atoms with Gasteiger partial charge in [-0.25, -0.2) is 0 Å². The third kappa shape index (κ3) is 10.5. The molecule has 0 bridgehead atoms. The summed E-state index contributed by atoms with van der Waals surface area (Å²) in [5.74, 6) is 0.126. The number of amides is 1. The molecule has 0 rings (SSSR count). The van der Waals surface area contributed by atoms with Gasteiger partial charge in [0.25, 0.3) is 0 Å². The molecule has 112 valence electrons. The fourth-order valence-electron chi connectivity index (χ4n) is 2.06. The summed E-state index contributed by atoms with van der Waals surface area (Å²) in [6.07, 6.45) is 2.26. The molecule has 0 aromatic heterocycles. The predicted octanol–water partition coefficient (Wildman–Crippen LogP) is 3.07. The molecular weight excluding hydrogens is 242 g/mol. The Morgan fingerprint density at radius 1 is 1.16 bits per heavy atom. The van der Waals surface area contributed by atoms with E-state index >= 15 is 0 Å². The van der Waals surface area contributed by atoms with Crippen molar-refractivity contribution in [3.05, 3.63) is 0 Å². The summed E-state index contributed by atoms with van der Waals surface area (Å²) in [5.41, 5.74) is 0.00480. The van der Waals surface area contributed by atoms with E-state index in [-0.39, 0.29) is 17.7 Å². The van der Waals surface area contributed by atoms with Crippen LogP contribution in [0.5, 0.6) is 0 Å². The van der Waals surface area contributed by atoms with E-state index in [1.807, 2.05) is 20.8 Å². The highest BCUT2D eigenvalue weighted by Crippen LogP contribution is 2.21. The van der Waals surface area contributed by atoms with Crippen LogP contribution in [0.15, 0.2) is 0 Å². The van der Waals surface area contributed by atoms with Gasteiger partial charge in [-0.15, -0.1) is 0 Å². The van der Waals surface area contributed by atoms with Crippen molar-refractivity contribution in [1.82, 2.24) is 5.32 Å². The normalized spacial score (nSPS) is 13.4. The second-order valence-electron chi connectivity index (χ2n) is 6.81. The number of hydrogen-bond donors (Lipinski definition) is 2. The molecule has 0 spiro atoms. The minimum absolute atomic E-state index is 0.00480. The number of rotatable bonds is 8. The molecule has 0 aromatic carbocycles. The molecule has 0 saturated carbocycles. The quantitative estimate of drug-likeness (QED) is 0.713. The number of nitrogens with one attached hydrogen (secondary N) is 1. The maximum atomic E-state index is 11.7. The van der Waals surface area contributed by atoms with Gasteiger partial charge in [-0.1, -0.05) is 34.6 Å². The first-order chi connectivity index (χ1) is 8.61. The van der Waals surface area contributed by atoms with Crippen molar-refractivity contribution in [1.29, 1.82) is 0 Å². The van der Waals surface area contributed by atoms with Crippen LogP contribution in [0.3, 0.4) is 0 Å². The number of carbonyl (C=O) groups excluding carboxylic acids is 1. The van der Waals surface area contributed by atoms with Gasteiger partial charge in [-0.05, 0) is 30.1 Å². The van der Waals surface area contributed by atoms with Gasteiger partial charge in [-0.2, -0.15) is 0 Å². The maximum Gasteiger partial charge on any atom is 0.303 e. The Bertz CT molecular complexity index is 292. The van der Waals surface area contributed by atoms with Crippen LogP contribution < -0.4 is 5.32 Å². The summed E-state index contributed by atoms with van der Waals surface area (Å²) in [4.78, 5) is 22.3. The van der Waals surface area contributed by atoms with Gasteiger partial charge in [0.1, 0.15) is 0 Å². The molecular formula is C15H29NO3. The van der Waals surface area contributed by atoms with E-state index in [2.05, 4.69) is 19.2 Å². The highest BCUT2D eigenvalue weighted by Gasteiger charge is 2.17. The van der Waals surface area contributed by atoms with Crippen molar-refractivity contribution in [2.24, 2.45) is 17.3 Å². The minimum Gasteiger partial charge on any atom is -0.481 e. The summed E-state index contributed by atoms with van der Waals surface area (Å²) < 4.78 is 0. The average molecular weight is 271 g/mol. The van der Waals surface area contributed by atoms with Crippen LogP contribution in [0.1, 0.15) is 60.3 Å². The highest BCUT2D eigenvalue weighted by atomic mass is 16.4. The van der Waals surface area contributed by atoms with Crippen molar-refractivity contribution in [2.75, 3.05) is 6.54 Å². The Morgan fingerprint density at radius 3 is 2.16 bits per heavy atom. The molecule has 0 aromatic rings. The van der Waals surface area contributed by atoms with Gasteiger partial charge in [0.2, 0.25) is 5.91 Å². The fraction of sp³-hybridized carbons (Fsp3) is 0.867. The molecule has 0 aliphatic carbocycles. The number of carbonyl (C=O) groups is 2. The van der Waals surface area contributed by atoms with Crippen molar-refractivity contribution in [2.45, 2.75) is 60.3 Å². The lowest BCUT2D eigenvalue weighted by Crippen LogP contribution is -2.30. The van der Waals surface area contributed by atoms with Crippen molar-refractivity contribution < 1.29 is 14.7 Å². The molecule has 0 saturated heterocycles. The van der Waals surface area contributed by atoms with E-state index in [4.69, 9.17) is 5.11 Å². The monoisotopic (exact) mass is 271 g/mol. The van der Waals surface area contributed by atoms with Gasteiger partial charge in [0.05, 0.1) is 0 Å². The summed E-state index contributed by atoms with van der Waals surface area (Å²) >= 11 is 0. The predicted molar refractivity (Wildman–Crippen MR) is 76.9 cm³/mol. The Kier molecular flexibility index (Phi) is 7.72. The Morgan fingerprint density at radius 2 is 1.74 bits per heavy atom. The summed E-state index contributed by atoms with van der Waals surface area (Å²) in [6.45, 7) is 11.0. The lowest BCUT2D eigenvalue weighted by molar-refractivity contribution is -0.137. The number of carboxylic acid groups (broad SMARTS) is 1. The van der Waals surface area contributed by atoms with E-state index in [1.165, 1.54) is 0 Å². The molecule has 2 N–H and O–H groups in total. The molecule has 4 nitrogen and oxygen atoms in total. The first kappa shape index (κ1) is 17.9. The fourth-order valence-corrected chi connectivity index (χ4v) is 2.06. The number of aliphatic carboxylic acids is 1. The van der Waals surface area contributed by atoms with Crippen LogP contribution in [0.25, 0.3) is 0 Å². The van der Waals surface area contributed by atoms with Crippen LogP contribution in [0.4, 0.5) is 0 Å². The Labute approximate surface area is 117 Å². The van der Waals surface area contributed by atoms with Crippen LogP contribution in [-0.4, -0.2) is 23.5 Å². The molecule has 0 aliphatic heterocycles. The van der Waals surface area contributed by atoms with E-state index in [0.29, 0.717) is 31.2 Å². The van der Waals surface area contributed by atoms with E-state index in [0.717, 1.165) is 6.42 Å².